The van der Waals surface area contributed by atoms with Gasteiger partial charge in [0.25, 0.3) is 0 Å². The molecule has 0 saturated heterocycles. The molecule has 0 atom stereocenters. The van der Waals surface area contributed by atoms with Crippen molar-refractivity contribution in [3.8, 4) is 0 Å². The van der Waals surface area contributed by atoms with E-state index in [1.165, 1.54) is 53.9 Å². The number of amides is 1. The van der Waals surface area contributed by atoms with E-state index in [1.54, 1.807) is 11.9 Å². The van der Waals surface area contributed by atoms with Crippen molar-refractivity contribution in [3.63, 3.8) is 0 Å². The Morgan fingerprint density at radius 2 is 2.00 bits per heavy atom. The van der Waals surface area contributed by atoms with Crippen molar-refractivity contribution in [1.29, 1.82) is 0 Å². The van der Waals surface area contributed by atoms with Crippen LogP contribution in [0.1, 0.15) is 49.0 Å². The smallest absolute Gasteiger partial charge is 0.228 e. The average molecular weight is 322 g/mol. The minimum absolute atomic E-state index is 0.234. The molecule has 114 valence electrons. The number of carbonyl (C=O) groups is 1. The fourth-order valence-corrected chi connectivity index (χ4v) is 5.30. The largest absolute Gasteiger partial charge is 0.316 e. The molecule has 21 heavy (non-hydrogen) atoms. The predicted octanol–water partition coefficient (Wildman–Crippen LogP) is 3.98. The maximum absolute atomic E-state index is 12.1. The van der Waals surface area contributed by atoms with E-state index >= 15 is 0 Å². The Kier molecular flexibility index (Phi) is 3.98. The molecule has 3 nitrogen and oxygen atoms in total. The fourth-order valence-electron chi connectivity index (χ4n) is 2.84. The van der Waals surface area contributed by atoms with E-state index in [0.717, 1.165) is 30.3 Å². The van der Waals surface area contributed by atoms with Crippen LogP contribution >= 0.6 is 23.3 Å². The molecule has 0 radical (unpaired) electrons. The van der Waals surface area contributed by atoms with Crippen LogP contribution < -0.4 is 10.0 Å². The van der Waals surface area contributed by atoms with Crippen molar-refractivity contribution in [2.24, 2.45) is 11.8 Å². The highest BCUT2D eigenvalue weighted by molar-refractivity contribution is 7.97. The van der Waals surface area contributed by atoms with Crippen LogP contribution in [0.15, 0.2) is 4.90 Å². The third kappa shape index (κ3) is 3.30. The number of nitrogens with one attached hydrogen (secondary N) is 2. The van der Waals surface area contributed by atoms with E-state index < -0.39 is 0 Å². The Bertz CT molecular complexity index is 547. The fraction of sp³-hybridized carbons (Fsp3) is 0.688. The lowest BCUT2D eigenvalue weighted by molar-refractivity contribution is -0.117. The van der Waals surface area contributed by atoms with Crippen LogP contribution in [0.3, 0.4) is 0 Å². The van der Waals surface area contributed by atoms with Gasteiger partial charge in [0.05, 0.1) is 4.90 Å². The summed E-state index contributed by atoms with van der Waals surface area (Å²) in [5.41, 5.74) is 1.51. The van der Waals surface area contributed by atoms with Gasteiger partial charge in [-0.25, -0.2) is 0 Å². The van der Waals surface area contributed by atoms with Crippen molar-refractivity contribution in [2.45, 2.75) is 56.3 Å². The molecule has 0 unspecified atom stereocenters. The molecule has 0 aromatic carbocycles. The summed E-state index contributed by atoms with van der Waals surface area (Å²) in [7, 11) is 0. The number of anilines is 1. The third-order valence-electron chi connectivity index (χ3n) is 4.55. The molecule has 4 rings (SSSR count). The first-order valence-corrected chi connectivity index (χ1v) is 9.79. The lowest BCUT2D eigenvalue weighted by Gasteiger charge is -2.13. The molecule has 3 aliphatic rings. The van der Waals surface area contributed by atoms with Crippen LogP contribution in [-0.2, 0) is 17.6 Å². The van der Waals surface area contributed by atoms with Gasteiger partial charge < -0.3 is 5.32 Å². The summed E-state index contributed by atoms with van der Waals surface area (Å²) >= 11 is 3.57. The van der Waals surface area contributed by atoms with Crippen LogP contribution in [-0.4, -0.2) is 12.5 Å². The summed E-state index contributed by atoms with van der Waals surface area (Å²) in [4.78, 5) is 14.9. The summed E-state index contributed by atoms with van der Waals surface area (Å²) in [6.07, 6.45) is 9.84. The Morgan fingerprint density at radius 3 is 2.76 bits per heavy atom. The Balaban J connectivity index is 1.50. The zero-order valence-corrected chi connectivity index (χ0v) is 13.9. The van der Waals surface area contributed by atoms with E-state index in [1.807, 2.05) is 11.3 Å². The van der Waals surface area contributed by atoms with Gasteiger partial charge in [0.2, 0.25) is 5.91 Å². The molecule has 1 heterocycles. The average Bonchev–Trinajstić information content (AvgIpc) is 3.37. The maximum Gasteiger partial charge on any atom is 0.228 e. The zero-order chi connectivity index (χ0) is 14.2. The van der Waals surface area contributed by atoms with Crippen molar-refractivity contribution in [2.75, 3.05) is 11.9 Å². The van der Waals surface area contributed by atoms with Crippen molar-refractivity contribution >= 4 is 34.2 Å². The molecule has 2 saturated carbocycles. The second-order valence-electron chi connectivity index (χ2n) is 6.53. The molecular formula is C16H22N2OS2. The molecule has 0 aliphatic heterocycles. The molecule has 2 fully saturated rings. The number of fused-ring (bicyclic) bond motifs is 1. The van der Waals surface area contributed by atoms with E-state index in [-0.39, 0.29) is 11.8 Å². The van der Waals surface area contributed by atoms with Gasteiger partial charge in [0, 0.05) is 17.3 Å². The highest BCUT2D eigenvalue weighted by Crippen LogP contribution is 2.44. The van der Waals surface area contributed by atoms with Gasteiger partial charge in [-0.3, -0.25) is 9.52 Å². The monoisotopic (exact) mass is 322 g/mol. The quantitative estimate of drug-likeness (QED) is 0.778. The van der Waals surface area contributed by atoms with Gasteiger partial charge in [-0.1, -0.05) is 0 Å². The molecule has 1 aromatic heterocycles. The van der Waals surface area contributed by atoms with Crippen molar-refractivity contribution < 1.29 is 4.79 Å². The first-order chi connectivity index (χ1) is 10.3. The van der Waals surface area contributed by atoms with Gasteiger partial charge >= 0.3 is 0 Å². The number of hydrogen-bond donors (Lipinski definition) is 2. The Morgan fingerprint density at radius 1 is 1.19 bits per heavy atom. The standard InChI is InChI=1S/C16H22N2OS2/c19-15(11-7-8-11)18-16-14(21-17-9-10-5-6-10)12-3-1-2-4-13(12)20-16/h10-11,17H,1-9H2,(H,18,19). The molecule has 1 amide bonds. The van der Waals surface area contributed by atoms with Crippen LogP contribution in [0.2, 0.25) is 0 Å². The van der Waals surface area contributed by atoms with E-state index in [2.05, 4.69) is 10.0 Å². The van der Waals surface area contributed by atoms with Gasteiger partial charge in [-0.15, -0.1) is 11.3 Å². The third-order valence-corrected chi connectivity index (χ3v) is 6.85. The maximum atomic E-state index is 12.1. The molecule has 2 N–H and O–H groups in total. The minimum atomic E-state index is 0.234. The summed E-state index contributed by atoms with van der Waals surface area (Å²) < 4.78 is 3.53. The Hall–Kier alpha value is -0.520. The first-order valence-electron chi connectivity index (χ1n) is 8.16. The van der Waals surface area contributed by atoms with E-state index in [0.29, 0.717) is 0 Å². The minimum Gasteiger partial charge on any atom is -0.316 e. The second-order valence-corrected chi connectivity index (χ2v) is 8.53. The predicted molar refractivity (Wildman–Crippen MR) is 88.9 cm³/mol. The number of aryl methyl sites for hydroxylation is 1. The molecule has 3 aliphatic carbocycles. The summed E-state index contributed by atoms with van der Waals surface area (Å²) in [6, 6.07) is 0. The summed E-state index contributed by atoms with van der Waals surface area (Å²) in [5.74, 6) is 1.40. The number of hydrogen-bond acceptors (Lipinski definition) is 4. The lowest BCUT2D eigenvalue weighted by Crippen LogP contribution is -2.14. The molecule has 0 bridgehead atoms. The number of thiophene rings is 1. The SMILES string of the molecule is O=C(Nc1sc2c(c1SNCC1CC1)CCCC2)C1CC1. The lowest BCUT2D eigenvalue weighted by atomic mass is 9.99. The van der Waals surface area contributed by atoms with Gasteiger partial charge in [0.15, 0.2) is 0 Å². The van der Waals surface area contributed by atoms with Crippen molar-refractivity contribution in [1.82, 2.24) is 4.72 Å². The van der Waals surface area contributed by atoms with E-state index in [4.69, 9.17) is 0 Å². The summed E-state index contributed by atoms with van der Waals surface area (Å²) in [5, 5.41) is 4.31. The normalized spacial score (nSPS) is 21.1. The van der Waals surface area contributed by atoms with Crippen LogP contribution in [0.5, 0.6) is 0 Å². The van der Waals surface area contributed by atoms with Crippen LogP contribution in [0, 0.1) is 11.8 Å². The highest BCUT2D eigenvalue weighted by atomic mass is 32.2. The second kappa shape index (κ2) is 5.94. The van der Waals surface area contributed by atoms with Crippen LogP contribution in [0.25, 0.3) is 0 Å². The van der Waals surface area contributed by atoms with Gasteiger partial charge in [-0.05, 0) is 74.8 Å². The zero-order valence-electron chi connectivity index (χ0n) is 12.2. The number of carbonyl (C=O) groups excluding carboxylic acids is 1. The topological polar surface area (TPSA) is 41.1 Å². The van der Waals surface area contributed by atoms with Gasteiger partial charge in [0.1, 0.15) is 5.00 Å². The first kappa shape index (κ1) is 14.1. The molecule has 1 aromatic rings. The Labute approximate surface area is 134 Å². The molecule has 0 spiro atoms. The van der Waals surface area contributed by atoms with E-state index in [9.17, 15) is 4.79 Å². The summed E-state index contributed by atoms with van der Waals surface area (Å²) in [6.45, 7) is 1.10. The van der Waals surface area contributed by atoms with Crippen molar-refractivity contribution in [3.05, 3.63) is 10.4 Å². The number of rotatable bonds is 6. The highest BCUT2D eigenvalue weighted by Gasteiger charge is 2.31. The molecular weight excluding hydrogens is 300 g/mol. The van der Waals surface area contributed by atoms with Crippen LogP contribution in [0.4, 0.5) is 5.00 Å². The van der Waals surface area contributed by atoms with Gasteiger partial charge in [-0.2, -0.15) is 0 Å². The molecule has 5 heteroatoms.